The molecule has 0 unspecified atom stereocenters. The molecule has 0 N–H and O–H groups in total. The van der Waals surface area contributed by atoms with Crippen LogP contribution in [0.2, 0.25) is 5.02 Å². The first-order valence-electron chi connectivity index (χ1n) is 9.39. The van der Waals surface area contributed by atoms with Crippen LogP contribution in [-0.2, 0) is 27.6 Å². The van der Waals surface area contributed by atoms with Crippen LogP contribution in [0.4, 0.5) is 0 Å². The van der Waals surface area contributed by atoms with Crippen LogP contribution in [0.5, 0.6) is 0 Å². The second-order valence-corrected chi connectivity index (χ2v) is 9.68. The van der Waals surface area contributed by atoms with Gasteiger partial charge in [-0.15, -0.1) is 0 Å². The highest BCUT2D eigenvalue weighted by molar-refractivity contribution is 7.91. The summed E-state index contributed by atoms with van der Waals surface area (Å²) in [7, 11) is -3.09. The standard InChI is InChI=1S/C22H24ClNO3S/c1-2-17-7-9-18(10-8-17)15-24(20-13-14-28(26,27)16-20)22(25)12-11-19-5-3-4-6-21(19)23/h3-12,20H,2,13-16H2,1H3/b12-11+/t20-/m0/s1. The smallest absolute Gasteiger partial charge is 0.247 e. The molecule has 6 heteroatoms. The average Bonchev–Trinajstić information content (AvgIpc) is 3.05. The minimum atomic E-state index is -3.09. The molecule has 1 saturated heterocycles. The molecule has 0 aromatic heterocycles. The molecule has 0 aliphatic carbocycles. The molecule has 0 bridgehead atoms. The van der Waals surface area contributed by atoms with Crippen molar-refractivity contribution in [3.8, 4) is 0 Å². The second kappa shape index (κ2) is 8.93. The molecule has 1 aliphatic rings. The Labute approximate surface area is 171 Å². The van der Waals surface area contributed by atoms with Gasteiger partial charge < -0.3 is 4.90 Å². The van der Waals surface area contributed by atoms with Gasteiger partial charge in [0.15, 0.2) is 9.84 Å². The summed E-state index contributed by atoms with van der Waals surface area (Å²) in [5.41, 5.74) is 2.97. The van der Waals surface area contributed by atoms with Crippen LogP contribution in [0.25, 0.3) is 6.08 Å². The Kier molecular flexibility index (Phi) is 6.57. The van der Waals surface area contributed by atoms with Gasteiger partial charge in [0, 0.05) is 23.7 Å². The van der Waals surface area contributed by atoms with Crippen molar-refractivity contribution in [1.29, 1.82) is 0 Å². The Morgan fingerprint density at radius 1 is 1.14 bits per heavy atom. The average molecular weight is 418 g/mol. The van der Waals surface area contributed by atoms with Crippen molar-refractivity contribution in [3.63, 3.8) is 0 Å². The van der Waals surface area contributed by atoms with Crippen LogP contribution in [0.15, 0.2) is 54.6 Å². The Balaban J connectivity index is 1.82. The molecule has 2 aromatic rings. The molecule has 3 rings (SSSR count). The number of amides is 1. The Morgan fingerprint density at radius 3 is 2.43 bits per heavy atom. The molecule has 1 fully saturated rings. The van der Waals surface area contributed by atoms with Crippen LogP contribution in [0, 0.1) is 0 Å². The van der Waals surface area contributed by atoms with Crippen molar-refractivity contribution in [3.05, 3.63) is 76.3 Å². The molecular formula is C22H24ClNO3S. The van der Waals surface area contributed by atoms with Gasteiger partial charge >= 0.3 is 0 Å². The van der Waals surface area contributed by atoms with Crippen LogP contribution in [0.1, 0.15) is 30.0 Å². The van der Waals surface area contributed by atoms with Crippen molar-refractivity contribution >= 4 is 33.4 Å². The summed E-state index contributed by atoms with van der Waals surface area (Å²) in [6, 6.07) is 15.1. The first kappa shape index (κ1) is 20.6. The largest absolute Gasteiger partial charge is 0.331 e. The zero-order valence-electron chi connectivity index (χ0n) is 15.8. The molecule has 1 aliphatic heterocycles. The highest BCUT2D eigenvalue weighted by atomic mass is 35.5. The maximum absolute atomic E-state index is 13.0. The van der Waals surface area contributed by atoms with Gasteiger partial charge in [-0.1, -0.05) is 61.0 Å². The fourth-order valence-electron chi connectivity index (χ4n) is 3.35. The number of hydrogen-bond acceptors (Lipinski definition) is 3. The highest BCUT2D eigenvalue weighted by Gasteiger charge is 2.34. The lowest BCUT2D eigenvalue weighted by Gasteiger charge is -2.27. The molecule has 1 atom stereocenters. The fourth-order valence-corrected chi connectivity index (χ4v) is 5.28. The van der Waals surface area contributed by atoms with Crippen molar-refractivity contribution in [1.82, 2.24) is 4.90 Å². The molecule has 148 valence electrons. The number of carbonyl (C=O) groups excluding carboxylic acids is 1. The van der Waals surface area contributed by atoms with Crippen LogP contribution < -0.4 is 0 Å². The lowest BCUT2D eigenvalue weighted by Crippen LogP contribution is -2.39. The zero-order chi connectivity index (χ0) is 20.1. The predicted octanol–water partition coefficient (Wildman–Crippen LogP) is 4.13. The second-order valence-electron chi connectivity index (χ2n) is 7.05. The molecule has 0 saturated carbocycles. The van der Waals surface area contributed by atoms with E-state index in [9.17, 15) is 13.2 Å². The Hall–Kier alpha value is -2.11. The summed E-state index contributed by atoms with van der Waals surface area (Å²) in [4.78, 5) is 14.6. The lowest BCUT2D eigenvalue weighted by molar-refractivity contribution is -0.128. The van der Waals surface area contributed by atoms with Crippen LogP contribution >= 0.6 is 11.6 Å². The molecular weight excluding hydrogens is 394 g/mol. The third kappa shape index (κ3) is 5.24. The Morgan fingerprint density at radius 2 is 1.82 bits per heavy atom. The first-order valence-corrected chi connectivity index (χ1v) is 11.6. The summed E-state index contributed by atoms with van der Waals surface area (Å²) >= 11 is 6.15. The van der Waals surface area contributed by atoms with Gasteiger partial charge in [-0.3, -0.25) is 4.79 Å². The third-order valence-electron chi connectivity index (χ3n) is 5.03. The van der Waals surface area contributed by atoms with Gasteiger partial charge in [-0.2, -0.15) is 0 Å². The number of benzene rings is 2. The van der Waals surface area contributed by atoms with Gasteiger partial charge in [0.2, 0.25) is 5.91 Å². The fraction of sp³-hybridized carbons (Fsp3) is 0.318. The van der Waals surface area contributed by atoms with Gasteiger partial charge in [-0.05, 0) is 41.7 Å². The van der Waals surface area contributed by atoms with Gasteiger partial charge in [-0.25, -0.2) is 8.42 Å². The van der Waals surface area contributed by atoms with E-state index in [4.69, 9.17) is 11.6 Å². The van der Waals surface area contributed by atoms with Crippen molar-refractivity contribution in [2.45, 2.75) is 32.4 Å². The van der Waals surface area contributed by atoms with Crippen molar-refractivity contribution < 1.29 is 13.2 Å². The van der Waals surface area contributed by atoms with Gasteiger partial charge in [0.1, 0.15) is 0 Å². The topological polar surface area (TPSA) is 54.5 Å². The number of halogens is 1. The van der Waals surface area contributed by atoms with E-state index >= 15 is 0 Å². The van der Waals surface area contributed by atoms with E-state index in [2.05, 4.69) is 6.92 Å². The summed E-state index contributed by atoms with van der Waals surface area (Å²) in [6.45, 7) is 2.48. The van der Waals surface area contributed by atoms with E-state index in [-0.39, 0.29) is 23.5 Å². The third-order valence-corrected chi connectivity index (χ3v) is 7.12. The first-order chi connectivity index (χ1) is 13.4. The minimum Gasteiger partial charge on any atom is -0.331 e. The number of hydrogen-bond donors (Lipinski definition) is 0. The highest BCUT2D eigenvalue weighted by Crippen LogP contribution is 2.22. The number of carbonyl (C=O) groups is 1. The molecule has 4 nitrogen and oxygen atoms in total. The van der Waals surface area contributed by atoms with Gasteiger partial charge in [0.25, 0.3) is 0 Å². The number of aryl methyl sites for hydroxylation is 1. The van der Waals surface area contributed by atoms with E-state index in [0.29, 0.717) is 18.0 Å². The zero-order valence-corrected chi connectivity index (χ0v) is 17.4. The van der Waals surface area contributed by atoms with E-state index < -0.39 is 9.84 Å². The molecule has 1 heterocycles. The van der Waals surface area contributed by atoms with E-state index in [1.165, 1.54) is 11.6 Å². The summed E-state index contributed by atoms with van der Waals surface area (Å²) in [6.07, 6.45) is 4.58. The lowest BCUT2D eigenvalue weighted by atomic mass is 10.1. The monoisotopic (exact) mass is 417 g/mol. The quantitative estimate of drug-likeness (QED) is 0.664. The summed E-state index contributed by atoms with van der Waals surface area (Å²) in [5.74, 6) is -0.0579. The number of nitrogens with zero attached hydrogens (tertiary/aromatic N) is 1. The molecule has 0 radical (unpaired) electrons. The normalized spacial score (nSPS) is 18.4. The van der Waals surface area contributed by atoms with Crippen molar-refractivity contribution in [2.75, 3.05) is 11.5 Å². The SMILES string of the molecule is CCc1ccc(CN(C(=O)/C=C/c2ccccc2Cl)[C@H]2CCS(=O)(=O)C2)cc1. The van der Waals surface area contributed by atoms with E-state index in [1.807, 2.05) is 42.5 Å². The van der Waals surface area contributed by atoms with Gasteiger partial charge in [0.05, 0.1) is 11.5 Å². The van der Waals surface area contributed by atoms with Crippen LogP contribution in [-0.4, -0.2) is 36.8 Å². The maximum Gasteiger partial charge on any atom is 0.247 e. The van der Waals surface area contributed by atoms with E-state index in [1.54, 1.807) is 17.0 Å². The van der Waals surface area contributed by atoms with Crippen molar-refractivity contribution in [2.24, 2.45) is 0 Å². The Bertz CT molecular complexity index is 968. The predicted molar refractivity (Wildman–Crippen MR) is 114 cm³/mol. The minimum absolute atomic E-state index is 0.0196. The molecule has 2 aromatic carbocycles. The number of rotatable bonds is 6. The molecule has 1 amide bonds. The molecule has 28 heavy (non-hydrogen) atoms. The number of sulfone groups is 1. The summed E-state index contributed by atoms with van der Waals surface area (Å²) in [5, 5.41) is 0.566. The summed E-state index contributed by atoms with van der Waals surface area (Å²) < 4.78 is 23.9. The molecule has 0 spiro atoms. The van der Waals surface area contributed by atoms with E-state index in [0.717, 1.165) is 17.5 Å². The maximum atomic E-state index is 13.0. The van der Waals surface area contributed by atoms with Crippen LogP contribution in [0.3, 0.4) is 0 Å².